The van der Waals surface area contributed by atoms with E-state index in [9.17, 15) is 9.59 Å². The second-order valence-corrected chi connectivity index (χ2v) is 4.92. The van der Waals surface area contributed by atoms with Crippen molar-refractivity contribution in [2.75, 3.05) is 0 Å². The highest BCUT2D eigenvalue weighted by Gasteiger charge is 2.09. The van der Waals surface area contributed by atoms with Gasteiger partial charge in [-0.2, -0.15) is 0 Å². The predicted molar refractivity (Wildman–Crippen MR) is 81.3 cm³/mol. The summed E-state index contributed by atoms with van der Waals surface area (Å²) in [7, 11) is 0. The fraction of sp³-hybridized carbons (Fsp3) is 0.0625. The second kappa shape index (κ2) is 5.33. The maximum Gasteiger partial charge on any atom is 0.337 e. The van der Waals surface area contributed by atoms with Gasteiger partial charge in [-0.1, -0.05) is 29.8 Å². The lowest BCUT2D eigenvalue weighted by Crippen LogP contribution is -2.15. The second-order valence-electron chi connectivity index (χ2n) is 4.92. The first-order valence-electron chi connectivity index (χ1n) is 6.63. The third kappa shape index (κ3) is 2.54. The zero-order chi connectivity index (χ0) is 15.7. The molecule has 0 radical (unpaired) electrons. The minimum atomic E-state index is -1.06. The van der Waals surface area contributed by atoms with Crippen LogP contribution in [0.3, 0.4) is 0 Å². The maximum absolute atomic E-state index is 12.1. The van der Waals surface area contributed by atoms with Crippen LogP contribution in [0.15, 0.2) is 53.5 Å². The smallest absolute Gasteiger partial charge is 0.337 e. The Labute approximate surface area is 125 Å². The highest BCUT2D eigenvalue weighted by molar-refractivity contribution is 5.87. The Hall–Kier alpha value is -3.15. The standard InChI is InChI=1S/C16H13N3O3/c1-10-2-4-11(5-3-10)13-8-15(20)19(18-13)14-7-6-12(9-17-14)16(21)22/h2-9,18H,1H3,(H,21,22). The number of H-pyrrole nitrogens is 1. The quantitative estimate of drug-likeness (QED) is 0.775. The first-order valence-corrected chi connectivity index (χ1v) is 6.63. The highest BCUT2D eigenvalue weighted by Crippen LogP contribution is 2.16. The average Bonchev–Trinajstić information content (AvgIpc) is 2.90. The summed E-state index contributed by atoms with van der Waals surface area (Å²) in [6.07, 6.45) is 1.22. The van der Waals surface area contributed by atoms with Crippen LogP contribution in [0.25, 0.3) is 17.1 Å². The summed E-state index contributed by atoms with van der Waals surface area (Å²) >= 11 is 0. The Bertz CT molecular complexity index is 874. The molecule has 0 spiro atoms. The van der Waals surface area contributed by atoms with Gasteiger partial charge in [-0.05, 0) is 24.6 Å². The topological polar surface area (TPSA) is 88.0 Å². The first kappa shape index (κ1) is 13.8. The predicted octanol–water partition coefficient (Wildman–Crippen LogP) is 2.23. The molecule has 110 valence electrons. The van der Waals surface area contributed by atoms with E-state index in [4.69, 9.17) is 5.11 Å². The maximum atomic E-state index is 12.1. The van der Waals surface area contributed by atoms with Crippen molar-refractivity contribution >= 4 is 5.97 Å². The number of aromatic carboxylic acids is 1. The molecule has 1 aromatic carbocycles. The van der Waals surface area contributed by atoms with E-state index in [-0.39, 0.29) is 11.1 Å². The Morgan fingerprint density at radius 2 is 1.91 bits per heavy atom. The summed E-state index contributed by atoms with van der Waals surface area (Å²) in [6.45, 7) is 1.99. The van der Waals surface area contributed by atoms with E-state index in [0.717, 1.165) is 11.1 Å². The number of nitrogens with one attached hydrogen (secondary N) is 1. The van der Waals surface area contributed by atoms with Crippen LogP contribution in [0, 0.1) is 6.92 Å². The number of aryl methyl sites for hydroxylation is 1. The van der Waals surface area contributed by atoms with Crippen LogP contribution in [0.5, 0.6) is 0 Å². The molecule has 2 N–H and O–H groups in total. The summed E-state index contributed by atoms with van der Waals surface area (Å²) < 4.78 is 1.28. The molecule has 0 aliphatic heterocycles. The molecular weight excluding hydrogens is 282 g/mol. The van der Waals surface area contributed by atoms with E-state index in [2.05, 4.69) is 10.1 Å². The third-order valence-electron chi connectivity index (χ3n) is 3.31. The molecule has 0 saturated carbocycles. The zero-order valence-electron chi connectivity index (χ0n) is 11.8. The van der Waals surface area contributed by atoms with Crippen molar-refractivity contribution in [1.29, 1.82) is 0 Å². The molecular formula is C16H13N3O3. The van der Waals surface area contributed by atoms with Crippen molar-refractivity contribution in [3.8, 4) is 17.1 Å². The van der Waals surface area contributed by atoms with Gasteiger partial charge in [-0.3, -0.25) is 9.89 Å². The number of aromatic amines is 1. The molecule has 6 heteroatoms. The van der Waals surface area contributed by atoms with Crippen LogP contribution in [0.4, 0.5) is 0 Å². The number of aromatic nitrogens is 3. The van der Waals surface area contributed by atoms with Gasteiger partial charge >= 0.3 is 5.97 Å². The van der Waals surface area contributed by atoms with Crippen LogP contribution in [0.2, 0.25) is 0 Å². The van der Waals surface area contributed by atoms with Crippen LogP contribution < -0.4 is 5.56 Å². The first-order chi connectivity index (χ1) is 10.5. The van der Waals surface area contributed by atoms with E-state index >= 15 is 0 Å². The number of rotatable bonds is 3. The van der Waals surface area contributed by atoms with Gasteiger partial charge in [-0.25, -0.2) is 14.5 Å². The van der Waals surface area contributed by atoms with E-state index in [1.165, 1.54) is 29.1 Å². The highest BCUT2D eigenvalue weighted by atomic mass is 16.4. The lowest BCUT2D eigenvalue weighted by Gasteiger charge is -2.02. The fourth-order valence-electron chi connectivity index (χ4n) is 2.09. The SMILES string of the molecule is Cc1ccc(-c2cc(=O)n(-c3ccc(C(=O)O)cn3)[nH]2)cc1. The van der Waals surface area contributed by atoms with Crippen molar-refractivity contribution in [3.63, 3.8) is 0 Å². The van der Waals surface area contributed by atoms with Crippen LogP contribution in [0.1, 0.15) is 15.9 Å². The van der Waals surface area contributed by atoms with E-state index < -0.39 is 5.97 Å². The number of pyridine rings is 1. The summed E-state index contributed by atoms with van der Waals surface area (Å²) in [5.41, 5.74) is 2.52. The van der Waals surface area contributed by atoms with Gasteiger partial charge in [0.1, 0.15) is 0 Å². The Morgan fingerprint density at radius 1 is 1.18 bits per heavy atom. The van der Waals surface area contributed by atoms with Gasteiger partial charge in [0.15, 0.2) is 5.82 Å². The van der Waals surface area contributed by atoms with E-state index in [0.29, 0.717) is 11.5 Å². The summed E-state index contributed by atoms with van der Waals surface area (Å²) in [5, 5.41) is 11.8. The molecule has 6 nitrogen and oxygen atoms in total. The number of nitrogens with zero attached hydrogens (tertiary/aromatic N) is 2. The van der Waals surface area contributed by atoms with Crippen molar-refractivity contribution < 1.29 is 9.90 Å². The van der Waals surface area contributed by atoms with Gasteiger partial charge < -0.3 is 5.11 Å². The monoisotopic (exact) mass is 295 g/mol. The Balaban J connectivity index is 2.00. The normalized spacial score (nSPS) is 10.6. The van der Waals surface area contributed by atoms with Gasteiger partial charge in [-0.15, -0.1) is 0 Å². The lowest BCUT2D eigenvalue weighted by atomic mass is 10.1. The molecule has 3 rings (SSSR count). The van der Waals surface area contributed by atoms with Crippen LogP contribution in [-0.4, -0.2) is 25.8 Å². The van der Waals surface area contributed by atoms with Crippen molar-refractivity contribution in [2.24, 2.45) is 0 Å². The minimum Gasteiger partial charge on any atom is -0.478 e. The average molecular weight is 295 g/mol. The molecule has 0 bridgehead atoms. The van der Waals surface area contributed by atoms with E-state index in [1.54, 1.807) is 0 Å². The summed E-state index contributed by atoms with van der Waals surface area (Å²) in [4.78, 5) is 26.9. The molecule has 2 heterocycles. The molecule has 0 amide bonds. The number of carbonyl (C=O) groups is 1. The number of benzene rings is 1. The molecule has 2 aromatic heterocycles. The molecule has 0 fully saturated rings. The fourth-order valence-corrected chi connectivity index (χ4v) is 2.09. The molecule has 0 unspecified atom stereocenters. The van der Waals surface area contributed by atoms with Crippen molar-refractivity contribution in [3.05, 3.63) is 70.1 Å². The van der Waals surface area contributed by atoms with Gasteiger partial charge in [0.25, 0.3) is 5.56 Å². The van der Waals surface area contributed by atoms with Crippen LogP contribution in [-0.2, 0) is 0 Å². The lowest BCUT2D eigenvalue weighted by molar-refractivity contribution is 0.0696. The molecule has 0 aliphatic carbocycles. The zero-order valence-corrected chi connectivity index (χ0v) is 11.8. The molecule has 3 aromatic rings. The summed E-state index contributed by atoms with van der Waals surface area (Å²) in [6, 6.07) is 12.1. The van der Waals surface area contributed by atoms with E-state index in [1.807, 2.05) is 31.2 Å². The van der Waals surface area contributed by atoms with Crippen molar-refractivity contribution in [1.82, 2.24) is 14.8 Å². The number of hydrogen-bond acceptors (Lipinski definition) is 3. The van der Waals surface area contributed by atoms with Crippen molar-refractivity contribution in [2.45, 2.75) is 6.92 Å². The molecule has 22 heavy (non-hydrogen) atoms. The molecule has 0 saturated heterocycles. The number of hydrogen-bond donors (Lipinski definition) is 2. The summed E-state index contributed by atoms with van der Waals surface area (Å²) in [5.74, 6) is -0.716. The Morgan fingerprint density at radius 3 is 2.50 bits per heavy atom. The third-order valence-corrected chi connectivity index (χ3v) is 3.31. The largest absolute Gasteiger partial charge is 0.478 e. The van der Waals surface area contributed by atoms with Gasteiger partial charge in [0, 0.05) is 12.3 Å². The van der Waals surface area contributed by atoms with Gasteiger partial charge in [0.05, 0.1) is 11.3 Å². The Kier molecular flexibility index (Phi) is 3.34. The van der Waals surface area contributed by atoms with Gasteiger partial charge in [0.2, 0.25) is 0 Å². The number of carboxylic acids is 1. The van der Waals surface area contributed by atoms with Crippen LogP contribution >= 0.6 is 0 Å². The number of carboxylic acid groups (broad SMARTS) is 1. The minimum absolute atomic E-state index is 0.0714. The molecule has 0 aliphatic rings. The molecule has 0 atom stereocenters.